The van der Waals surface area contributed by atoms with Gasteiger partial charge in [0.05, 0.1) is 18.7 Å². The summed E-state index contributed by atoms with van der Waals surface area (Å²) in [5.41, 5.74) is 0.394. The summed E-state index contributed by atoms with van der Waals surface area (Å²) in [7, 11) is 2.83. The van der Waals surface area contributed by atoms with Crippen LogP contribution in [0.15, 0.2) is 21.1 Å². The quantitative estimate of drug-likeness (QED) is 0.785. The van der Waals surface area contributed by atoms with Gasteiger partial charge in [-0.3, -0.25) is 0 Å². The van der Waals surface area contributed by atoms with E-state index in [1.165, 1.54) is 14.2 Å². The van der Waals surface area contributed by atoms with Gasteiger partial charge < -0.3 is 9.47 Å². The lowest BCUT2D eigenvalue weighted by Crippen LogP contribution is -2.04. The highest BCUT2D eigenvalue weighted by Crippen LogP contribution is 2.35. The number of rotatable bonds is 2. The Morgan fingerprint density at radius 2 is 1.93 bits per heavy atom. The molecule has 0 amide bonds. The molecule has 0 radical (unpaired) electrons. The summed E-state index contributed by atoms with van der Waals surface area (Å²) in [5.74, 6) is 0.0428. The summed E-state index contributed by atoms with van der Waals surface area (Å²) in [5, 5.41) is 0. The Bertz CT molecular complexity index is 363. The molecule has 0 aliphatic rings. The van der Waals surface area contributed by atoms with E-state index in [2.05, 4.69) is 36.6 Å². The molecule has 5 heteroatoms. The van der Waals surface area contributed by atoms with E-state index in [1.807, 2.05) is 0 Å². The topological polar surface area (TPSA) is 35.5 Å². The molecule has 0 atom stereocenters. The van der Waals surface area contributed by atoms with Crippen LogP contribution in [0.25, 0.3) is 0 Å². The predicted molar refractivity (Wildman–Crippen MR) is 59.7 cm³/mol. The smallest absolute Gasteiger partial charge is 0.341 e. The molecule has 0 N–H and O–H groups in total. The van der Waals surface area contributed by atoms with Gasteiger partial charge in [-0.25, -0.2) is 4.79 Å². The second-order valence-electron chi connectivity index (χ2n) is 2.43. The van der Waals surface area contributed by atoms with Gasteiger partial charge in [-0.2, -0.15) is 0 Å². The highest BCUT2D eigenvalue weighted by molar-refractivity contribution is 9.13. The Balaban J connectivity index is 3.31. The molecule has 1 rings (SSSR count). The summed E-state index contributed by atoms with van der Waals surface area (Å²) >= 11 is 6.62. The van der Waals surface area contributed by atoms with Gasteiger partial charge >= 0.3 is 5.97 Å². The molecule has 1 aromatic carbocycles. The average Bonchev–Trinajstić information content (AvgIpc) is 2.20. The Labute approximate surface area is 98.6 Å². The normalized spacial score (nSPS) is 9.71. The van der Waals surface area contributed by atoms with Crippen LogP contribution in [-0.2, 0) is 4.74 Å². The number of benzene rings is 1. The zero-order valence-electron chi connectivity index (χ0n) is 7.64. The van der Waals surface area contributed by atoms with Crippen LogP contribution in [0.4, 0.5) is 0 Å². The Kier molecular flexibility index (Phi) is 3.95. The van der Waals surface area contributed by atoms with E-state index < -0.39 is 5.97 Å². The number of esters is 1. The fourth-order valence-electron chi connectivity index (χ4n) is 1.00. The standard InChI is InChI=1S/C9H8Br2O3/c1-13-8-5(9(12)14-2)3-4-6(10)7(8)11/h3-4H,1-2H3. The molecule has 0 saturated carbocycles. The van der Waals surface area contributed by atoms with Crippen molar-refractivity contribution in [2.24, 2.45) is 0 Å². The van der Waals surface area contributed by atoms with Crippen LogP contribution in [0, 0.1) is 0 Å². The third-order valence-electron chi connectivity index (χ3n) is 1.66. The number of methoxy groups -OCH3 is 2. The van der Waals surface area contributed by atoms with Crippen LogP contribution >= 0.6 is 31.9 Å². The summed E-state index contributed by atoms with van der Waals surface area (Å²) in [4.78, 5) is 11.3. The zero-order chi connectivity index (χ0) is 10.7. The second kappa shape index (κ2) is 4.79. The lowest BCUT2D eigenvalue weighted by Gasteiger charge is -2.09. The van der Waals surface area contributed by atoms with Crippen molar-refractivity contribution in [2.45, 2.75) is 0 Å². The first-order valence-electron chi connectivity index (χ1n) is 3.72. The van der Waals surface area contributed by atoms with Gasteiger partial charge in [0, 0.05) is 4.47 Å². The van der Waals surface area contributed by atoms with Crippen LogP contribution in [0.5, 0.6) is 5.75 Å². The number of ether oxygens (including phenoxy) is 2. The van der Waals surface area contributed by atoms with Crippen molar-refractivity contribution in [2.75, 3.05) is 14.2 Å². The van der Waals surface area contributed by atoms with Gasteiger partial charge in [0.25, 0.3) is 0 Å². The van der Waals surface area contributed by atoms with E-state index in [0.717, 1.165) is 4.47 Å². The summed E-state index contributed by atoms with van der Waals surface area (Å²) in [6.45, 7) is 0. The fraction of sp³-hybridized carbons (Fsp3) is 0.222. The summed E-state index contributed by atoms with van der Waals surface area (Å²) in [6, 6.07) is 3.39. The monoisotopic (exact) mass is 322 g/mol. The summed E-state index contributed by atoms with van der Waals surface area (Å²) < 4.78 is 11.2. The molecule has 0 bridgehead atoms. The molecule has 0 aliphatic heterocycles. The fourth-order valence-corrected chi connectivity index (χ4v) is 1.82. The minimum atomic E-state index is -0.421. The maximum absolute atomic E-state index is 11.3. The second-order valence-corrected chi connectivity index (χ2v) is 4.08. The zero-order valence-corrected chi connectivity index (χ0v) is 10.8. The lowest BCUT2D eigenvalue weighted by molar-refractivity contribution is 0.0597. The van der Waals surface area contributed by atoms with Crippen LogP contribution in [0.1, 0.15) is 10.4 Å². The van der Waals surface area contributed by atoms with Crippen LogP contribution in [-0.4, -0.2) is 20.2 Å². The average molecular weight is 324 g/mol. The van der Waals surface area contributed by atoms with Gasteiger partial charge in [0.2, 0.25) is 0 Å². The third kappa shape index (κ3) is 2.09. The number of halogens is 2. The van der Waals surface area contributed by atoms with Crippen molar-refractivity contribution in [1.82, 2.24) is 0 Å². The molecule has 76 valence electrons. The van der Waals surface area contributed by atoms with Crippen molar-refractivity contribution >= 4 is 37.8 Å². The molecule has 0 aliphatic carbocycles. The molecule has 0 spiro atoms. The molecular formula is C9H8Br2O3. The molecule has 3 nitrogen and oxygen atoms in total. The predicted octanol–water partition coefficient (Wildman–Crippen LogP) is 3.01. The van der Waals surface area contributed by atoms with Gasteiger partial charge in [-0.15, -0.1) is 0 Å². The first-order valence-corrected chi connectivity index (χ1v) is 5.30. The highest BCUT2D eigenvalue weighted by Gasteiger charge is 2.16. The molecule has 14 heavy (non-hydrogen) atoms. The van der Waals surface area contributed by atoms with Crippen LogP contribution < -0.4 is 4.74 Å². The van der Waals surface area contributed by atoms with Gasteiger partial charge in [0.1, 0.15) is 11.3 Å². The molecule has 1 aromatic rings. The van der Waals surface area contributed by atoms with E-state index in [1.54, 1.807) is 12.1 Å². The van der Waals surface area contributed by atoms with Crippen LogP contribution in [0.3, 0.4) is 0 Å². The van der Waals surface area contributed by atoms with Gasteiger partial charge in [-0.05, 0) is 44.0 Å². The molecule has 0 heterocycles. The minimum Gasteiger partial charge on any atom is -0.495 e. The van der Waals surface area contributed by atoms with Crippen molar-refractivity contribution < 1.29 is 14.3 Å². The Morgan fingerprint density at radius 3 is 2.43 bits per heavy atom. The first-order chi connectivity index (χ1) is 6.61. The van der Waals surface area contributed by atoms with Gasteiger partial charge in [0.15, 0.2) is 0 Å². The Hall–Kier alpha value is -0.550. The van der Waals surface area contributed by atoms with E-state index in [9.17, 15) is 4.79 Å². The van der Waals surface area contributed by atoms with Crippen molar-refractivity contribution in [1.29, 1.82) is 0 Å². The molecular weight excluding hydrogens is 316 g/mol. The number of hydrogen-bond acceptors (Lipinski definition) is 3. The minimum absolute atomic E-state index is 0.394. The maximum Gasteiger partial charge on any atom is 0.341 e. The lowest BCUT2D eigenvalue weighted by atomic mass is 10.2. The third-order valence-corrected chi connectivity index (χ3v) is 3.64. The van der Waals surface area contributed by atoms with E-state index in [4.69, 9.17) is 4.74 Å². The maximum atomic E-state index is 11.3. The van der Waals surface area contributed by atoms with E-state index in [0.29, 0.717) is 15.8 Å². The molecule has 0 saturated heterocycles. The summed E-state index contributed by atoms with van der Waals surface area (Å²) in [6.07, 6.45) is 0. The number of carbonyl (C=O) groups excluding carboxylic acids is 1. The van der Waals surface area contributed by atoms with Gasteiger partial charge in [-0.1, -0.05) is 0 Å². The largest absolute Gasteiger partial charge is 0.495 e. The van der Waals surface area contributed by atoms with Crippen molar-refractivity contribution in [3.05, 3.63) is 26.6 Å². The molecule has 0 aromatic heterocycles. The SMILES string of the molecule is COC(=O)c1ccc(Br)c(Br)c1OC. The first kappa shape index (κ1) is 11.5. The van der Waals surface area contributed by atoms with Crippen molar-refractivity contribution in [3.8, 4) is 5.75 Å². The molecule has 0 fully saturated rings. The van der Waals surface area contributed by atoms with E-state index >= 15 is 0 Å². The molecule has 0 unspecified atom stereocenters. The van der Waals surface area contributed by atoms with Crippen LogP contribution in [0.2, 0.25) is 0 Å². The number of carbonyl (C=O) groups is 1. The highest BCUT2D eigenvalue weighted by atomic mass is 79.9. The van der Waals surface area contributed by atoms with Crippen molar-refractivity contribution in [3.63, 3.8) is 0 Å². The Morgan fingerprint density at radius 1 is 1.29 bits per heavy atom. The number of hydrogen-bond donors (Lipinski definition) is 0. The van der Waals surface area contributed by atoms with E-state index in [-0.39, 0.29) is 0 Å².